The van der Waals surface area contributed by atoms with Gasteiger partial charge < -0.3 is 11.1 Å². The number of carbonyl (C=O) groups is 1. The molecule has 2 rings (SSSR count). The molecule has 4 heteroatoms. The average Bonchev–Trinajstić information content (AvgIpc) is 2.66. The molecule has 0 radical (unpaired) electrons. The fourth-order valence-electron chi connectivity index (χ4n) is 1.89. The van der Waals surface area contributed by atoms with Crippen LogP contribution < -0.4 is 11.1 Å². The summed E-state index contributed by atoms with van der Waals surface area (Å²) in [5.74, 6) is -0.0611. The highest BCUT2D eigenvalue weighted by atomic mass is 32.1. The van der Waals surface area contributed by atoms with Crippen molar-refractivity contribution in [3.63, 3.8) is 0 Å². The van der Waals surface area contributed by atoms with Crippen LogP contribution in [0.15, 0.2) is 11.4 Å². The SMILES string of the molecule is NCC(=O)NC1CCCc2sccc21. The molecule has 1 aliphatic rings. The van der Waals surface area contributed by atoms with Crippen molar-refractivity contribution in [2.24, 2.45) is 5.73 Å². The third-order valence-corrected chi connectivity index (χ3v) is 3.57. The van der Waals surface area contributed by atoms with E-state index in [0.717, 1.165) is 19.3 Å². The second-order valence-corrected chi connectivity index (χ2v) is 4.52. The van der Waals surface area contributed by atoms with E-state index in [9.17, 15) is 4.79 Å². The summed E-state index contributed by atoms with van der Waals surface area (Å²) in [5, 5.41) is 5.05. The molecule has 0 bridgehead atoms. The zero-order chi connectivity index (χ0) is 9.97. The van der Waals surface area contributed by atoms with Gasteiger partial charge in [0.2, 0.25) is 5.91 Å². The minimum atomic E-state index is -0.0611. The molecule has 1 aromatic heterocycles. The lowest BCUT2D eigenvalue weighted by atomic mass is 9.94. The van der Waals surface area contributed by atoms with Gasteiger partial charge in [-0.3, -0.25) is 4.79 Å². The summed E-state index contributed by atoms with van der Waals surface area (Å²) >= 11 is 1.78. The number of nitrogens with one attached hydrogen (secondary N) is 1. The molecule has 3 nitrogen and oxygen atoms in total. The maximum Gasteiger partial charge on any atom is 0.234 e. The lowest BCUT2D eigenvalue weighted by Crippen LogP contribution is -2.34. The van der Waals surface area contributed by atoms with E-state index >= 15 is 0 Å². The van der Waals surface area contributed by atoms with Crippen molar-refractivity contribution < 1.29 is 4.79 Å². The molecular formula is C10H14N2OS. The summed E-state index contributed by atoms with van der Waals surface area (Å²) < 4.78 is 0. The van der Waals surface area contributed by atoms with E-state index < -0.39 is 0 Å². The van der Waals surface area contributed by atoms with Crippen molar-refractivity contribution in [1.82, 2.24) is 5.32 Å². The van der Waals surface area contributed by atoms with Crippen molar-refractivity contribution in [3.8, 4) is 0 Å². The zero-order valence-corrected chi connectivity index (χ0v) is 8.77. The number of hydrogen-bond donors (Lipinski definition) is 2. The molecule has 0 aliphatic heterocycles. The second-order valence-electron chi connectivity index (χ2n) is 3.52. The molecule has 1 atom stereocenters. The average molecular weight is 210 g/mol. The van der Waals surface area contributed by atoms with Crippen LogP contribution in [0.3, 0.4) is 0 Å². The van der Waals surface area contributed by atoms with E-state index in [0.29, 0.717) is 0 Å². The Labute approximate surface area is 87.3 Å². The van der Waals surface area contributed by atoms with Crippen molar-refractivity contribution >= 4 is 17.2 Å². The normalized spacial score (nSPS) is 20.2. The first-order chi connectivity index (χ1) is 6.81. The zero-order valence-electron chi connectivity index (χ0n) is 7.95. The van der Waals surface area contributed by atoms with Crippen LogP contribution in [0.25, 0.3) is 0 Å². The molecule has 76 valence electrons. The van der Waals surface area contributed by atoms with Crippen molar-refractivity contribution in [2.45, 2.75) is 25.3 Å². The van der Waals surface area contributed by atoms with E-state index in [1.54, 1.807) is 11.3 Å². The molecular weight excluding hydrogens is 196 g/mol. The summed E-state index contributed by atoms with van der Waals surface area (Å²) in [4.78, 5) is 12.6. The molecule has 0 fully saturated rings. The molecule has 1 heterocycles. The third kappa shape index (κ3) is 1.81. The number of amides is 1. The minimum absolute atomic E-state index is 0.0611. The summed E-state index contributed by atoms with van der Waals surface area (Å²) in [6, 6.07) is 2.31. The molecule has 0 aromatic carbocycles. The molecule has 0 spiro atoms. The van der Waals surface area contributed by atoms with Gasteiger partial charge in [-0.05, 0) is 36.3 Å². The third-order valence-electron chi connectivity index (χ3n) is 2.57. The van der Waals surface area contributed by atoms with Gasteiger partial charge in [0.05, 0.1) is 12.6 Å². The van der Waals surface area contributed by atoms with Gasteiger partial charge in [-0.1, -0.05) is 0 Å². The highest BCUT2D eigenvalue weighted by Gasteiger charge is 2.21. The molecule has 1 unspecified atom stereocenters. The predicted octanol–water partition coefficient (Wildman–Crippen LogP) is 1.20. The van der Waals surface area contributed by atoms with Gasteiger partial charge in [-0.25, -0.2) is 0 Å². The highest BCUT2D eigenvalue weighted by Crippen LogP contribution is 2.32. The minimum Gasteiger partial charge on any atom is -0.348 e. The van der Waals surface area contributed by atoms with Gasteiger partial charge in [-0.15, -0.1) is 11.3 Å². The Morgan fingerprint density at radius 2 is 2.57 bits per heavy atom. The van der Waals surface area contributed by atoms with Gasteiger partial charge in [0.15, 0.2) is 0 Å². The van der Waals surface area contributed by atoms with Crippen LogP contribution in [0.4, 0.5) is 0 Å². The second kappa shape index (κ2) is 4.11. The summed E-state index contributed by atoms with van der Waals surface area (Å²) in [7, 11) is 0. The number of nitrogens with two attached hydrogens (primary N) is 1. The largest absolute Gasteiger partial charge is 0.348 e. The summed E-state index contributed by atoms with van der Waals surface area (Å²) in [5.41, 5.74) is 6.57. The Morgan fingerprint density at radius 1 is 1.71 bits per heavy atom. The Morgan fingerprint density at radius 3 is 3.36 bits per heavy atom. The molecule has 0 saturated carbocycles. The van der Waals surface area contributed by atoms with Gasteiger partial charge >= 0.3 is 0 Å². The first-order valence-electron chi connectivity index (χ1n) is 4.87. The van der Waals surface area contributed by atoms with E-state index in [2.05, 4.69) is 16.8 Å². The van der Waals surface area contributed by atoms with Crippen LogP contribution in [-0.4, -0.2) is 12.5 Å². The molecule has 1 amide bonds. The lowest BCUT2D eigenvalue weighted by Gasteiger charge is -2.23. The van der Waals surface area contributed by atoms with Gasteiger partial charge in [-0.2, -0.15) is 0 Å². The van der Waals surface area contributed by atoms with E-state index in [1.807, 2.05) is 0 Å². The summed E-state index contributed by atoms with van der Waals surface area (Å²) in [6.07, 6.45) is 3.35. The standard InChI is InChI=1S/C10H14N2OS/c11-6-10(13)12-8-2-1-3-9-7(8)4-5-14-9/h4-5,8H,1-3,6,11H2,(H,12,13). The number of rotatable bonds is 2. The van der Waals surface area contributed by atoms with Crippen molar-refractivity contribution in [3.05, 3.63) is 21.9 Å². The molecule has 1 aliphatic carbocycles. The summed E-state index contributed by atoms with van der Waals surface area (Å²) in [6.45, 7) is 0.0793. The van der Waals surface area contributed by atoms with Crippen LogP contribution in [-0.2, 0) is 11.2 Å². The molecule has 3 N–H and O–H groups in total. The fraction of sp³-hybridized carbons (Fsp3) is 0.500. The van der Waals surface area contributed by atoms with Crippen molar-refractivity contribution in [1.29, 1.82) is 0 Å². The molecule has 1 aromatic rings. The number of carbonyl (C=O) groups excluding carboxylic acids is 1. The Balaban J connectivity index is 2.12. The van der Waals surface area contributed by atoms with Crippen molar-refractivity contribution in [2.75, 3.05) is 6.54 Å². The molecule has 0 saturated heterocycles. The van der Waals surface area contributed by atoms with Crippen LogP contribution in [0.1, 0.15) is 29.3 Å². The fourth-order valence-corrected chi connectivity index (χ4v) is 2.88. The maximum atomic E-state index is 11.2. The predicted molar refractivity (Wildman–Crippen MR) is 57.2 cm³/mol. The maximum absolute atomic E-state index is 11.2. The van der Waals surface area contributed by atoms with Crippen LogP contribution >= 0.6 is 11.3 Å². The van der Waals surface area contributed by atoms with E-state index in [4.69, 9.17) is 5.73 Å². The number of thiophene rings is 1. The smallest absolute Gasteiger partial charge is 0.234 e. The first-order valence-corrected chi connectivity index (χ1v) is 5.75. The number of aryl methyl sites for hydroxylation is 1. The monoisotopic (exact) mass is 210 g/mol. The Hall–Kier alpha value is -0.870. The number of hydrogen-bond acceptors (Lipinski definition) is 3. The lowest BCUT2D eigenvalue weighted by molar-refractivity contribution is -0.120. The van der Waals surface area contributed by atoms with E-state index in [1.165, 1.54) is 10.4 Å². The molecule has 14 heavy (non-hydrogen) atoms. The van der Waals surface area contributed by atoms with Crippen LogP contribution in [0, 0.1) is 0 Å². The Bertz CT molecular complexity index is 335. The highest BCUT2D eigenvalue weighted by molar-refractivity contribution is 7.10. The van der Waals surface area contributed by atoms with Crippen LogP contribution in [0.5, 0.6) is 0 Å². The van der Waals surface area contributed by atoms with E-state index in [-0.39, 0.29) is 18.5 Å². The van der Waals surface area contributed by atoms with Gasteiger partial charge in [0, 0.05) is 4.88 Å². The van der Waals surface area contributed by atoms with Gasteiger partial charge in [0.1, 0.15) is 0 Å². The topological polar surface area (TPSA) is 55.1 Å². The van der Waals surface area contributed by atoms with Crippen LogP contribution in [0.2, 0.25) is 0 Å². The van der Waals surface area contributed by atoms with Gasteiger partial charge in [0.25, 0.3) is 0 Å². The first kappa shape index (κ1) is 9.68. The quantitative estimate of drug-likeness (QED) is 0.770. The number of fused-ring (bicyclic) bond motifs is 1. The Kier molecular flexibility index (Phi) is 2.84.